The molecule has 82 valence electrons. The van der Waals surface area contributed by atoms with Crippen LogP contribution in [0.2, 0.25) is 0 Å². The Morgan fingerprint density at radius 1 is 1.50 bits per heavy atom. The summed E-state index contributed by atoms with van der Waals surface area (Å²) in [5, 5.41) is 3.34. The molecule has 0 unspecified atom stereocenters. The first-order valence-corrected chi connectivity index (χ1v) is 5.51. The van der Waals surface area contributed by atoms with Crippen LogP contribution in [0.4, 0.5) is 0 Å². The average Bonchev–Trinajstić information content (AvgIpc) is 2.52. The van der Waals surface area contributed by atoms with Gasteiger partial charge in [0.15, 0.2) is 0 Å². The Hall–Kier alpha value is -0.570. The molecule has 1 aliphatic heterocycles. The van der Waals surface area contributed by atoms with Crippen LogP contribution in [0.1, 0.15) is 27.2 Å². The number of nitrogens with one attached hydrogen (secondary N) is 1. The van der Waals surface area contributed by atoms with Crippen molar-refractivity contribution in [2.75, 3.05) is 19.7 Å². The Kier molecular flexibility index (Phi) is 4.39. The fourth-order valence-corrected chi connectivity index (χ4v) is 2.19. The Labute approximate surface area is 86.2 Å². The van der Waals surface area contributed by atoms with E-state index in [2.05, 4.69) is 19.2 Å². The van der Waals surface area contributed by atoms with Crippen molar-refractivity contribution in [2.24, 2.45) is 17.8 Å². The first-order valence-electron chi connectivity index (χ1n) is 5.51. The molecule has 1 heterocycles. The van der Waals surface area contributed by atoms with Crippen LogP contribution in [0.15, 0.2) is 0 Å². The van der Waals surface area contributed by atoms with Crippen LogP contribution in [-0.4, -0.2) is 25.7 Å². The van der Waals surface area contributed by atoms with Crippen molar-refractivity contribution in [3.05, 3.63) is 0 Å². The zero-order valence-electron chi connectivity index (χ0n) is 9.38. The topological polar surface area (TPSA) is 38.3 Å². The molecule has 0 radical (unpaired) electrons. The van der Waals surface area contributed by atoms with E-state index in [1.54, 1.807) is 0 Å². The number of hydrogen-bond donors (Lipinski definition) is 1. The van der Waals surface area contributed by atoms with Crippen molar-refractivity contribution < 1.29 is 9.53 Å². The molecule has 3 nitrogen and oxygen atoms in total. The highest BCUT2D eigenvalue weighted by Crippen LogP contribution is 2.27. The van der Waals surface area contributed by atoms with E-state index in [0.29, 0.717) is 30.8 Å². The highest BCUT2D eigenvalue weighted by atomic mass is 16.5. The number of carbonyl (C=O) groups excluding carboxylic acids is 1. The van der Waals surface area contributed by atoms with E-state index in [1.807, 2.05) is 6.92 Å². The molecule has 1 rings (SSSR count). The smallest absolute Gasteiger partial charge is 0.306 e. The lowest BCUT2D eigenvalue weighted by Crippen LogP contribution is -2.22. The third-order valence-electron chi connectivity index (χ3n) is 2.98. The van der Waals surface area contributed by atoms with E-state index >= 15 is 0 Å². The summed E-state index contributed by atoms with van der Waals surface area (Å²) < 4.78 is 4.97. The van der Waals surface area contributed by atoms with Crippen molar-refractivity contribution in [1.29, 1.82) is 0 Å². The lowest BCUT2D eigenvalue weighted by atomic mass is 9.84. The van der Waals surface area contributed by atoms with Gasteiger partial charge < -0.3 is 10.1 Å². The third kappa shape index (κ3) is 2.98. The Morgan fingerprint density at radius 2 is 2.21 bits per heavy atom. The van der Waals surface area contributed by atoms with Gasteiger partial charge in [-0.25, -0.2) is 0 Å². The van der Waals surface area contributed by atoms with Crippen LogP contribution in [0.3, 0.4) is 0 Å². The molecule has 0 saturated carbocycles. The summed E-state index contributed by atoms with van der Waals surface area (Å²) in [6.07, 6.45) is 0.573. The molecule has 0 spiro atoms. The maximum Gasteiger partial charge on any atom is 0.306 e. The summed E-state index contributed by atoms with van der Waals surface area (Å²) in [5.74, 6) is 1.68. The second-order valence-electron chi connectivity index (χ2n) is 4.34. The highest BCUT2D eigenvalue weighted by molar-refractivity contribution is 5.69. The minimum Gasteiger partial charge on any atom is -0.466 e. The second kappa shape index (κ2) is 5.35. The molecule has 0 aromatic heterocycles. The standard InChI is InChI=1S/C11H21NO2/c1-4-14-11(13)5-9-6-12-7-10(9)8(2)3/h8-10,12H,4-7H2,1-3H3/t9-,10+/m1/s1. The van der Waals surface area contributed by atoms with Gasteiger partial charge in [-0.1, -0.05) is 13.8 Å². The molecule has 0 aliphatic carbocycles. The summed E-state index contributed by atoms with van der Waals surface area (Å²) in [6.45, 7) is 8.78. The summed E-state index contributed by atoms with van der Waals surface area (Å²) in [4.78, 5) is 11.3. The Morgan fingerprint density at radius 3 is 2.79 bits per heavy atom. The zero-order chi connectivity index (χ0) is 10.6. The summed E-state index contributed by atoms with van der Waals surface area (Å²) in [6, 6.07) is 0. The lowest BCUT2D eigenvalue weighted by molar-refractivity contribution is -0.144. The van der Waals surface area contributed by atoms with Crippen molar-refractivity contribution in [2.45, 2.75) is 27.2 Å². The van der Waals surface area contributed by atoms with E-state index in [0.717, 1.165) is 13.1 Å². The van der Waals surface area contributed by atoms with Crippen LogP contribution in [0.25, 0.3) is 0 Å². The summed E-state index contributed by atoms with van der Waals surface area (Å²) in [5.41, 5.74) is 0. The van der Waals surface area contributed by atoms with E-state index < -0.39 is 0 Å². The maximum absolute atomic E-state index is 11.3. The van der Waals surface area contributed by atoms with E-state index in [9.17, 15) is 4.79 Å². The fourth-order valence-electron chi connectivity index (χ4n) is 2.19. The molecule has 1 N–H and O–H groups in total. The third-order valence-corrected chi connectivity index (χ3v) is 2.98. The maximum atomic E-state index is 11.3. The molecule has 0 amide bonds. The van der Waals surface area contributed by atoms with Gasteiger partial charge in [0.2, 0.25) is 0 Å². The SMILES string of the molecule is CCOC(=O)C[C@@H]1CNC[C@H]1C(C)C. The van der Waals surface area contributed by atoms with Crippen LogP contribution in [0.5, 0.6) is 0 Å². The molecular formula is C11H21NO2. The monoisotopic (exact) mass is 199 g/mol. The molecule has 0 aromatic carbocycles. The first-order chi connectivity index (χ1) is 6.65. The zero-order valence-corrected chi connectivity index (χ0v) is 9.38. The highest BCUT2D eigenvalue weighted by Gasteiger charge is 2.31. The van der Waals surface area contributed by atoms with E-state index in [-0.39, 0.29) is 5.97 Å². The van der Waals surface area contributed by atoms with Crippen LogP contribution in [-0.2, 0) is 9.53 Å². The first kappa shape index (κ1) is 11.5. The molecule has 0 bridgehead atoms. The van der Waals surface area contributed by atoms with Gasteiger partial charge >= 0.3 is 5.97 Å². The number of esters is 1. The minimum absolute atomic E-state index is 0.0492. The predicted octanol–water partition coefficient (Wildman–Crippen LogP) is 1.43. The Bertz CT molecular complexity index is 192. The second-order valence-corrected chi connectivity index (χ2v) is 4.34. The van der Waals surface area contributed by atoms with Gasteiger partial charge in [0.25, 0.3) is 0 Å². The molecule has 1 fully saturated rings. The largest absolute Gasteiger partial charge is 0.466 e. The van der Waals surface area contributed by atoms with Gasteiger partial charge in [0, 0.05) is 6.42 Å². The van der Waals surface area contributed by atoms with Crippen LogP contribution in [0, 0.1) is 17.8 Å². The molecular weight excluding hydrogens is 178 g/mol. The van der Waals surface area contributed by atoms with Crippen molar-refractivity contribution in [3.8, 4) is 0 Å². The fraction of sp³-hybridized carbons (Fsp3) is 0.909. The minimum atomic E-state index is -0.0492. The van der Waals surface area contributed by atoms with E-state index in [4.69, 9.17) is 4.74 Å². The quantitative estimate of drug-likeness (QED) is 0.696. The van der Waals surface area contributed by atoms with Gasteiger partial charge in [0.05, 0.1) is 6.61 Å². The van der Waals surface area contributed by atoms with Gasteiger partial charge in [0.1, 0.15) is 0 Å². The molecule has 2 atom stereocenters. The van der Waals surface area contributed by atoms with Crippen molar-refractivity contribution in [1.82, 2.24) is 5.32 Å². The van der Waals surface area contributed by atoms with E-state index in [1.165, 1.54) is 0 Å². The van der Waals surface area contributed by atoms with Gasteiger partial charge in [-0.2, -0.15) is 0 Å². The van der Waals surface area contributed by atoms with Crippen LogP contribution < -0.4 is 5.32 Å². The average molecular weight is 199 g/mol. The van der Waals surface area contributed by atoms with Gasteiger partial charge in [-0.15, -0.1) is 0 Å². The number of ether oxygens (including phenoxy) is 1. The lowest BCUT2D eigenvalue weighted by Gasteiger charge is -2.20. The number of hydrogen-bond acceptors (Lipinski definition) is 3. The van der Waals surface area contributed by atoms with Gasteiger partial charge in [-0.3, -0.25) is 4.79 Å². The number of carbonyl (C=O) groups is 1. The number of rotatable bonds is 4. The Balaban J connectivity index is 2.39. The van der Waals surface area contributed by atoms with Crippen LogP contribution >= 0.6 is 0 Å². The van der Waals surface area contributed by atoms with Crippen molar-refractivity contribution >= 4 is 5.97 Å². The molecule has 14 heavy (non-hydrogen) atoms. The van der Waals surface area contributed by atoms with Gasteiger partial charge in [-0.05, 0) is 37.8 Å². The predicted molar refractivity (Wildman–Crippen MR) is 55.9 cm³/mol. The molecule has 1 aliphatic rings. The summed E-state index contributed by atoms with van der Waals surface area (Å²) >= 11 is 0. The molecule has 1 saturated heterocycles. The summed E-state index contributed by atoms with van der Waals surface area (Å²) in [7, 11) is 0. The molecule has 3 heteroatoms. The molecule has 0 aromatic rings. The normalized spacial score (nSPS) is 26.9. The van der Waals surface area contributed by atoms with Crippen molar-refractivity contribution in [3.63, 3.8) is 0 Å².